The third kappa shape index (κ3) is 2.89. The monoisotopic (exact) mass is 318 g/mol. The Hall–Kier alpha value is -2.15. The van der Waals surface area contributed by atoms with Gasteiger partial charge >= 0.3 is 0 Å². The Labute approximate surface area is 129 Å². The van der Waals surface area contributed by atoms with Crippen LogP contribution in [0.3, 0.4) is 0 Å². The number of nitrogens with two attached hydrogens (primary N) is 1. The van der Waals surface area contributed by atoms with Crippen molar-refractivity contribution in [3.05, 3.63) is 41.2 Å². The van der Waals surface area contributed by atoms with E-state index in [1.807, 2.05) is 6.92 Å². The van der Waals surface area contributed by atoms with Gasteiger partial charge in [0, 0.05) is 17.1 Å². The van der Waals surface area contributed by atoms with Gasteiger partial charge in [0.2, 0.25) is 5.95 Å². The number of aryl methyl sites for hydroxylation is 2. The number of rotatable bonds is 3. The molecule has 0 bridgehead atoms. The smallest absolute Gasteiger partial charge is 0.264 e. The molecule has 6 nitrogen and oxygen atoms in total. The quantitative estimate of drug-likeness (QED) is 0.844. The minimum absolute atomic E-state index is 0.134. The Balaban J connectivity index is 1.92. The van der Waals surface area contributed by atoms with E-state index in [1.54, 1.807) is 12.1 Å². The van der Waals surface area contributed by atoms with Crippen LogP contribution < -0.4 is 10.5 Å². The van der Waals surface area contributed by atoms with Gasteiger partial charge in [0.05, 0.1) is 4.90 Å². The summed E-state index contributed by atoms with van der Waals surface area (Å²) in [6.07, 6.45) is 4.04. The Bertz CT molecular complexity index is 801. The van der Waals surface area contributed by atoms with Gasteiger partial charge in [-0.15, -0.1) is 0 Å². The molecule has 0 saturated heterocycles. The topological polar surface area (TPSA) is 98.0 Å². The number of hydrogen-bond acceptors (Lipinski definition) is 5. The second kappa shape index (κ2) is 5.57. The zero-order chi connectivity index (χ0) is 15.7. The van der Waals surface area contributed by atoms with Crippen molar-refractivity contribution in [2.24, 2.45) is 0 Å². The molecule has 0 radical (unpaired) electrons. The lowest BCUT2D eigenvalue weighted by Gasteiger charge is -2.17. The number of aromatic nitrogens is 2. The van der Waals surface area contributed by atoms with Crippen LogP contribution in [-0.2, 0) is 22.9 Å². The number of nitrogen functional groups attached to an aromatic ring is 1. The lowest BCUT2D eigenvalue weighted by atomic mass is 9.95. The van der Waals surface area contributed by atoms with Gasteiger partial charge in [0.25, 0.3) is 10.0 Å². The Morgan fingerprint density at radius 2 is 1.77 bits per heavy atom. The molecule has 0 atom stereocenters. The van der Waals surface area contributed by atoms with Crippen molar-refractivity contribution in [3.63, 3.8) is 0 Å². The van der Waals surface area contributed by atoms with Crippen LogP contribution in [0.1, 0.15) is 29.8 Å². The maximum atomic E-state index is 12.4. The fraction of sp³-hybridized carbons (Fsp3) is 0.333. The Kier molecular flexibility index (Phi) is 3.74. The number of sulfonamides is 1. The molecule has 0 saturated carbocycles. The summed E-state index contributed by atoms with van der Waals surface area (Å²) in [5.41, 5.74) is 9.05. The molecule has 0 amide bonds. The van der Waals surface area contributed by atoms with Gasteiger partial charge in [0.1, 0.15) is 0 Å². The van der Waals surface area contributed by atoms with Crippen LogP contribution in [0.5, 0.6) is 0 Å². The predicted octanol–water partition coefficient (Wildman–Crippen LogP) is 2.05. The highest BCUT2D eigenvalue weighted by Gasteiger charge is 2.19. The number of nitrogens with one attached hydrogen (secondary N) is 1. The first-order valence-corrected chi connectivity index (χ1v) is 8.69. The van der Waals surface area contributed by atoms with E-state index in [9.17, 15) is 8.42 Å². The zero-order valence-corrected chi connectivity index (χ0v) is 13.2. The van der Waals surface area contributed by atoms with Gasteiger partial charge in [0.15, 0.2) is 0 Å². The molecule has 7 heteroatoms. The fourth-order valence-electron chi connectivity index (χ4n) is 2.65. The molecule has 0 spiro atoms. The predicted molar refractivity (Wildman–Crippen MR) is 85.1 cm³/mol. The largest absolute Gasteiger partial charge is 0.399 e. The average molecular weight is 318 g/mol. The molecule has 1 heterocycles. The molecule has 2 aromatic rings. The first-order valence-electron chi connectivity index (χ1n) is 7.20. The maximum absolute atomic E-state index is 12.4. The Morgan fingerprint density at radius 3 is 2.50 bits per heavy atom. The third-order valence-electron chi connectivity index (χ3n) is 3.81. The van der Waals surface area contributed by atoms with Crippen molar-refractivity contribution in [3.8, 4) is 0 Å². The van der Waals surface area contributed by atoms with E-state index in [-0.39, 0.29) is 10.8 Å². The van der Waals surface area contributed by atoms with Crippen LogP contribution in [0.25, 0.3) is 0 Å². The molecule has 1 aromatic heterocycles. The van der Waals surface area contributed by atoms with Crippen LogP contribution in [-0.4, -0.2) is 18.4 Å². The summed E-state index contributed by atoms with van der Waals surface area (Å²) in [7, 11) is -3.70. The molecule has 0 unspecified atom stereocenters. The number of anilines is 2. The van der Waals surface area contributed by atoms with Gasteiger partial charge in [-0.25, -0.2) is 23.1 Å². The van der Waals surface area contributed by atoms with E-state index >= 15 is 0 Å². The van der Waals surface area contributed by atoms with E-state index < -0.39 is 10.0 Å². The SMILES string of the molecule is Cc1nc(NS(=O)(=O)c2ccc(N)cc2)nc2c1CCCC2. The highest BCUT2D eigenvalue weighted by molar-refractivity contribution is 7.92. The summed E-state index contributed by atoms with van der Waals surface area (Å²) in [6.45, 7) is 1.90. The second-order valence-corrected chi connectivity index (χ2v) is 7.12. The molecule has 0 fully saturated rings. The Morgan fingerprint density at radius 1 is 1.09 bits per heavy atom. The number of benzene rings is 1. The summed E-state index contributed by atoms with van der Waals surface area (Å²) < 4.78 is 27.2. The lowest BCUT2D eigenvalue weighted by Crippen LogP contribution is -2.18. The molecule has 3 rings (SSSR count). The molecule has 0 aliphatic heterocycles. The third-order valence-corrected chi connectivity index (χ3v) is 5.15. The van der Waals surface area contributed by atoms with Gasteiger partial charge in [-0.1, -0.05) is 0 Å². The van der Waals surface area contributed by atoms with Crippen LogP contribution in [0.15, 0.2) is 29.2 Å². The lowest BCUT2D eigenvalue weighted by molar-refractivity contribution is 0.600. The molecular weight excluding hydrogens is 300 g/mol. The van der Waals surface area contributed by atoms with Gasteiger partial charge in [-0.2, -0.15) is 0 Å². The van der Waals surface area contributed by atoms with Crippen molar-refractivity contribution < 1.29 is 8.42 Å². The van der Waals surface area contributed by atoms with Crippen LogP contribution >= 0.6 is 0 Å². The van der Waals surface area contributed by atoms with Gasteiger partial charge in [-0.05, 0) is 62.4 Å². The average Bonchev–Trinajstić information content (AvgIpc) is 2.47. The molecule has 3 N–H and O–H groups in total. The summed E-state index contributed by atoms with van der Waals surface area (Å²) in [4.78, 5) is 8.80. The summed E-state index contributed by atoms with van der Waals surface area (Å²) >= 11 is 0. The van der Waals surface area contributed by atoms with Crippen molar-refractivity contribution in [1.29, 1.82) is 0 Å². The maximum Gasteiger partial charge on any atom is 0.264 e. The van der Waals surface area contributed by atoms with Crippen molar-refractivity contribution in [2.45, 2.75) is 37.5 Å². The minimum Gasteiger partial charge on any atom is -0.399 e. The standard InChI is InChI=1S/C15H18N4O2S/c1-10-13-4-2-3-5-14(13)18-15(17-10)19-22(20,21)12-8-6-11(16)7-9-12/h6-9H,2-5,16H2,1H3,(H,17,18,19). The van der Waals surface area contributed by atoms with Crippen molar-refractivity contribution in [2.75, 3.05) is 10.5 Å². The van der Waals surface area contributed by atoms with E-state index in [4.69, 9.17) is 5.73 Å². The molecule has 116 valence electrons. The molecule has 1 aliphatic carbocycles. The normalized spacial score (nSPS) is 14.4. The van der Waals surface area contributed by atoms with E-state index in [0.29, 0.717) is 5.69 Å². The molecule has 1 aliphatic rings. The fourth-order valence-corrected chi connectivity index (χ4v) is 3.60. The summed E-state index contributed by atoms with van der Waals surface area (Å²) in [5, 5.41) is 0. The summed E-state index contributed by atoms with van der Waals surface area (Å²) in [5.74, 6) is 0.134. The van der Waals surface area contributed by atoms with Crippen LogP contribution in [0.2, 0.25) is 0 Å². The minimum atomic E-state index is -3.70. The van der Waals surface area contributed by atoms with E-state index in [0.717, 1.165) is 42.6 Å². The molecular formula is C15H18N4O2S. The van der Waals surface area contributed by atoms with Crippen molar-refractivity contribution >= 4 is 21.7 Å². The number of nitrogens with zero attached hydrogens (tertiary/aromatic N) is 2. The second-order valence-electron chi connectivity index (χ2n) is 5.44. The number of hydrogen-bond donors (Lipinski definition) is 2. The first kappa shape index (κ1) is 14.8. The highest BCUT2D eigenvalue weighted by Crippen LogP contribution is 2.24. The van der Waals surface area contributed by atoms with E-state index in [2.05, 4.69) is 14.7 Å². The van der Waals surface area contributed by atoms with E-state index in [1.165, 1.54) is 12.1 Å². The molecule has 22 heavy (non-hydrogen) atoms. The highest BCUT2D eigenvalue weighted by atomic mass is 32.2. The van der Waals surface area contributed by atoms with Gasteiger partial charge < -0.3 is 5.73 Å². The summed E-state index contributed by atoms with van der Waals surface area (Å²) in [6, 6.07) is 6.02. The zero-order valence-electron chi connectivity index (χ0n) is 12.3. The van der Waals surface area contributed by atoms with Crippen LogP contribution in [0.4, 0.5) is 11.6 Å². The van der Waals surface area contributed by atoms with Gasteiger partial charge in [-0.3, -0.25) is 0 Å². The molecule has 1 aromatic carbocycles. The van der Waals surface area contributed by atoms with Crippen LogP contribution in [0, 0.1) is 6.92 Å². The van der Waals surface area contributed by atoms with Crippen molar-refractivity contribution in [1.82, 2.24) is 9.97 Å². The number of fused-ring (bicyclic) bond motifs is 1. The first-order chi connectivity index (χ1) is 10.5.